The van der Waals surface area contributed by atoms with E-state index in [1.807, 2.05) is 41.2 Å². The first-order valence-corrected chi connectivity index (χ1v) is 4.40. The topological polar surface area (TPSA) is 17.8 Å². The third-order valence-corrected chi connectivity index (χ3v) is 1.98. The van der Waals surface area contributed by atoms with Crippen LogP contribution in [0.15, 0.2) is 36.5 Å². The van der Waals surface area contributed by atoms with Gasteiger partial charge in [-0.15, -0.1) is 0 Å². The predicted molar refractivity (Wildman–Crippen MR) is 52.2 cm³/mol. The molecule has 65 valence electrons. The largest absolute Gasteiger partial charge is 0.272 e. The summed E-state index contributed by atoms with van der Waals surface area (Å²) in [6.07, 6.45) is 1.99. The molecule has 0 bridgehead atoms. The van der Waals surface area contributed by atoms with Gasteiger partial charge in [-0.3, -0.25) is 4.68 Å². The summed E-state index contributed by atoms with van der Waals surface area (Å²) < 4.78 is 1.92. The van der Waals surface area contributed by atoms with Crippen molar-refractivity contribution in [3.05, 3.63) is 42.6 Å². The lowest BCUT2D eigenvalue weighted by atomic mass is 10.2. The van der Waals surface area contributed by atoms with Crippen molar-refractivity contribution in [3.8, 4) is 11.3 Å². The monoisotopic (exact) mass is 171 g/mol. The van der Waals surface area contributed by atoms with Crippen LogP contribution in [0.3, 0.4) is 0 Å². The molecule has 0 unspecified atom stereocenters. The summed E-state index contributed by atoms with van der Waals surface area (Å²) in [5.41, 5.74) is 2.17. The minimum Gasteiger partial charge on any atom is -0.272 e. The standard InChI is InChI=1S/C11H11N2/c1-2-13-9-8-11(12-13)10-6-4-3-5-7-10/h4-9H,2H2,1H3. The molecular weight excluding hydrogens is 160 g/mol. The van der Waals surface area contributed by atoms with Crippen molar-refractivity contribution in [2.45, 2.75) is 13.5 Å². The van der Waals surface area contributed by atoms with Gasteiger partial charge in [0.15, 0.2) is 0 Å². The SMILES string of the molecule is CCn1ccc(-c2cc[c]cc2)n1. The fourth-order valence-electron chi connectivity index (χ4n) is 1.25. The van der Waals surface area contributed by atoms with Crippen LogP contribution in [-0.4, -0.2) is 9.78 Å². The minimum absolute atomic E-state index is 0.916. The van der Waals surface area contributed by atoms with Crippen molar-refractivity contribution in [3.63, 3.8) is 0 Å². The molecule has 2 heteroatoms. The molecule has 1 heterocycles. The van der Waals surface area contributed by atoms with Gasteiger partial charge in [0.2, 0.25) is 0 Å². The average Bonchev–Trinajstić information content (AvgIpc) is 2.67. The van der Waals surface area contributed by atoms with E-state index in [9.17, 15) is 0 Å². The number of aryl methyl sites for hydroxylation is 1. The molecule has 0 saturated carbocycles. The second-order valence-corrected chi connectivity index (χ2v) is 2.85. The number of nitrogens with zero attached hydrogens (tertiary/aromatic N) is 2. The fourth-order valence-corrected chi connectivity index (χ4v) is 1.25. The molecule has 0 saturated heterocycles. The molecule has 2 nitrogen and oxygen atoms in total. The summed E-state index contributed by atoms with van der Waals surface area (Å²) in [7, 11) is 0. The predicted octanol–water partition coefficient (Wildman–Crippen LogP) is 2.37. The van der Waals surface area contributed by atoms with E-state index in [0.29, 0.717) is 0 Å². The van der Waals surface area contributed by atoms with E-state index in [2.05, 4.69) is 18.1 Å². The molecule has 0 amide bonds. The summed E-state index contributed by atoms with van der Waals surface area (Å²) in [6.45, 7) is 2.99. The minimum atomic E-state index is 0.916. The number of aromatic nitrogens is 2. The lowest BCUT2D eigenvalue weighted by Gasteiger charge is -1.95. The number of benzene rings is 1. The molecule has 2 rings (SSSR count). The van der Waals surface area contributed by atoms with Gasteiger partial charge in [0.25, 0.3) is 0 Å². The van der Waals surface area contributed by atoms with E-state index in [4.69, 9.17) is 0 Å². The summed E-state index contributed by atoms with van der Waals surface area (Å²) in [6, 6.07) is 12.9. The van der Waals surface area contributed by atoms with Gasteiger partial charge >= 0.3 is 0 Å². The Bertz CT molecular complexity index is 376. The van der Waals surface area contributed by atoms with Gasteiger partial charge in [-0.25, -0.2) is 0 Å². The van der Waals surface area contributed by atoms with Crippen molar-refractivity contribution in [2.24, 2.45) is 0 Å². The molecule has 1 radical (unpaired) electrons. The Hall–Kier alpha value is -1.57. The smallest absolute Gasteiger partial charge is 0.0923 e. The van der Waals surface area contributed by atoms with Gasteiger partial charge in [0.05, 0.1) is 5.69 Å². The Labute approximate surface area is 77.8 Å². The Balaban J connectivity index is 2.36. The van der Waals surface area contributed by atoms with Gasteiger partial charge in [-0.1, -0.05) is 24.3 Å². The van der Waals surface area contributed by atoms with Gasteiger partial charge in [-0.05, 0) is 19.1 Å². The maximum absolute atomic E-state index is 4.40. The molecule has 2 aromatic rings. The maximum atomic E-state index is 4.40. The second-order valence-electron chi connectivity index (χ2n) is 2.85. The molecule has 1 aromatic carbocycles. The van der Waals surface area contributed by atoms with Crippen LogP contribution in [0.25, 0.3) is 11.3 Å². The zero-order valence-corrected chi connectivity index (χ0v) is 7.57. The first-order valence-electron chi connectivity index (χ1n) is 4.40. The average molecular weight is 171 g/mol. The van der Waals surface area contributed by atoms with Gasteiger partial charge in [0, 0.05) is 18.3 Å². The summed E-state index contributed by atoms with van der Waals surface area (Å²) in [5, 5.41) is 4.40. The molecule has 0 spiro atoms. The van der Waals surface area contributed by atoms with Crippen LogP contribution in [-0.2, 0) is 6.54 Å². The van der Waals surface area contributed by atoms with Crippen molar-refractivity contribution in [1.82, 2.24) is 9.78 Å². The highest BCUT2D eigenvalue weighted by Crippen LogP contribution is 2.15. The van der Waals surface area contributed by atoms with E-state index in [1.54, 1.807) is 0 Å². The quantitative estimate of drug-likeness (QED) is 0.678. The van der Waals surface area contributed by atoms with E-state index in [-0.39, 0.29) is 0 Å². The first-order chi connectivity index (χ1) is 6.40. The third kappa shape index (κ3) is 1.61. The van der Waals surface area contributed by atoms with Gasteiger partial charge < -0.3 is 0 Å². The molecule has 0 aliphatic carbocycles. The molecular formula is C11H11N2. The van der Waals surface area contributed by atoms with Crippen molar-refractivity contribution >= 4 is 0 Å². The molecule has 0 atom stereocenters. The van der Waals surface area contributed by atoms with E-state index >= 15 is 0 Å². The molecule has 0 fully saturated rings. The summed E-state index contributed by atoms with van der Waals surface area (Å²) in [5.74, 6) is 0. The Morgan fingerprint density at radius 2 is 2.08 bits per heavy atom. The highest BCUT2D eigenvalue weighted by Gasteiger charge is 1.99. The van der Waals surface area contributed by atoms with Gasteiger partial charge in [-0.2, -0.15) is 5.10 Å². The molecule has 0 aliphatic rings. The molecule has 13 heavy (non-hydrogen) atoms. The van der Waals surface area contributed by atoms with E-state index in [0.717, 1.165) is 17.8 Å². The highest BCUT2D eigenvalue weighted by atomic mass is 15.3. The van der Waals surface area contributed by atoms with Crippen molar-refractivity contribution < 1.29 is 0 Å². The summed E-state index contributed by atoms with van der Waals surface area (Å²) in [4.78, 5) is 0. The van der Waals surface area contributed by atoms with Crippen LogP contribution in [0.4, 0.5) is 0 Å². The number of rotatable bonds is 2. The van der Waals surface area contributed by atoms with Crippen LogP contribution in [0.2, 0.25) is 0 Å². The highest BCUT2D eigenvalue weighted by molar-refractivity contribution is 5.57. The van der Waals surface area contributed by atoms with Crippen molar-refractivity contribution in [1.29, 1.82) is 0 Å². The molecule has 1 aromatic heterocycles. The molecule has 0 N–H and O–H groups in total. The summed E-state index contributed by atoms with van der Waals surface area (Å²) >= 11 is 0. The Kier molecular flexibility index (Phi) is 2.13. The van der Waals surface area contributed by atoms with Crippen LogP contribution in [0.5, 0.6) is 0 Å². The first kappa shape index (κ1) is 8.05. The third-order valence-electron chi connectivity index (χ3n) is 1.98. The Morgan fingerprint density at radius 1 is 1.31 bits per heavy atom. The fraction of sp³-hybridized carbons (Fsp3) is 0.182. The molecule has 0 aliphatic heterocycles. The van der Waals surface area contributed by atoms with E-state index < -0.39 is 0 Å². The zero-order valence-electron chi connectivity index (χ0n) is 7.57. The van der Waals surface area contributed by atoms with E-state index in [1.165, 1.54) is 0 Å². The number of hydrogen-bond acceptors (Lipinski definition) is 1. The van der Waals surface area contributed by atoms with Crippen LogP contribution >= 0.6 is 0 Å². The van der Waals surface area contributed by atoms with Crippen LogP contribution in [0.1, 0.15) is 6.92 Å². The second kappa shape index (κ2) is 3.44. The van der Waals surface area contributed by atoms with Crippen LogP contribution in [0, 0.1) is 6.07 Å². The zero-order chi connectivity index (χ0) is 9.10. The maximum Gasteiger partial charge on any atom is 0.0923 e. The van der Waals surface area contributed by atoms with Crippen molar-refractivity contribution in [2.75, 3.05) is 0 Å². The number of hydrogen-bond donors (Lipinski definition) is 0. The Morgan fingerprint density at radius 3 is 2.69 bits per heavy atom. The normalized spacial score (nSPS) is 10.2. The van der Waals surface area contributed by atoms with Gasteiger partial charge in [0.1, 0.15) is 0 Å². The van der Waals surface area contributed by atoms with Crippen LogP contribution < -0.4 is 0 Å². The lowest BCUT2D eigenvalue weighted by Crippen LogP contribution is -1.93. The lowest BCUT2D eigenvalue weighted by molar-refractivity contribution is 0.662.